The maximum absolute atomic E-state index is 11.5. The summed E-state index contributed by atoms with van der Waals surface area (Å²) < 4.78 is 19.5. The number of ether oxygens (including phenoxy) is 4. The number of benzene rings is 1. The van der Waals surface area contributed by atoms with Crippen LogP contribution < -0.4 is 4.74 Å². The van der Waals surface area contributed by atoms with E-state index in [-0.39, 0.29) is 17.9 Å². The topological polar surface area (TPSA) is 71.1 Å². The largest absolute Gasteiger partial charge is 0.468 e. The van der Waals surface area contributed by atoms with Gasteiger partial charge >= 0.3 is 11.9 Å². The number of carbonyl (C=O) groups is 2. The van der Waals surface area contributed by atoms with Crippen molar-refractivity contribution in [3.63, 3.8) is 0 Å². The first-order chi connectivity index (χ1) is 9.12. The van der Waals surface area contributed by atoms with E-state index in [2.05, 4.69) is 9.47 Å². The van der Waals surface area contributed by atoms with Gasteiger partial charge in [-0.25, -0.2) is 9.59 Å². The molecule has 0 radical (unpaired) electrons. The fourth-order valence-electron chi connectivity index (χ4n) is 1.35. The number of carbonyl (C=O) groups excluding carboxylic acids is 2. The van der Waals surface area contributed by atoms with E-state index in [4.69, 9.17) is 9.47 Å². The molecule has 0 atom stereocenters. The van der Waals surface area contributed by atoms with Crippen LogP contribution in [0.1, 0.15) is 27.6 Å². The third-order valence-corrected chi connectivity index (χ3v) is 2.26. The fourth-order valence-corrected chi connectivity index (χ4v) is 1.35. The van der Waals surface area contributed by atoms with Crippen LogP contribution >= 0.6 is 0 Å². The zero-order valence-electron chi connectivity index (χ0n) is 11.1. The van der Waals surface area contributed by atoms with Gasteiger partial charge in [-0.05, 0) is 25.1 Å². The highest BCUT2D eigenvalue weighted by Gasteiger charge is 2.14. The van der Waals surface area contributed by atoms with Crippen LogP contribution in [0.15, 0.2) is 18.2 Å². The van der Waals surface area contributed by atoms with E-state index in [9.17, 15) is 9.59 Å². The van der Waals surface area contributed by atoms with Gasteiger partial charge in [0.2, 0.25) is 0 Å². The third-order valence-electron chi connectivity index (χ3n) is 2.26. The Balaban J connectivity index is 3.02. The Morgan fingerprint density at radius 1 is 1.00 bits per heavy atom. The highest BCUT2D eigenvalue weighted by atomic mass is 16.7. The first-order valence-electron chi connectivity index (χ1n) is 5.64. The highest BCUT2D eigenvalue weighted by Crippen LogP contribution is 2.19. The molecule has 0 aliphatic carbocycles. The molecule has 0 fully saturated rings. The molecule has 0 bridgehead atoms. The molecule has 1 aromatic carbocycles. The smallest absolute Gasteiger partial charge is 0.338 e. The molecule has 1 rings (SSSR count). The monoisotopic (exact) mass is 268 g/mol. The van der Waals surface area contributed by atoms with Crippen molar-refractivity contribution in [3.8, 4) is 5.75 Å². The number of rotatable bonds is 6. The molecule has 0 aliphatic heterocycles. The Morgan fingerprint density at radius 2 is 1.53 bits per heavy atom. The van der Waals surface area contributed by atoms with Crippen molar-refractivity contribution in [2.45, 2.75) is 6.92 Å². The summed E-state index contributed by atoms with van der Waals surface area (Å²) in [4.78, 5) is 23.0. The molecular formula is C13H16O6. The Bertz CT molecular complexity index is 420. The van der Waals surface area contributed by atoms with E-state index in [1.54, 1.807) is 0 Å². The van der Waals surface area contributed by atoms with Gasteiger partial charge in [-0.1, -0.05) is 0 Å². The molecule has 0 unspecified atom stereocenters. The molecule has 104 valence electrons. The van der Waals surface area contributed by atoms with Crippen LogP contribution in [-0.4, -0.2) is 39.6 Å². The summed E-state index contributed by atoms with van der Waals surface area (Å²) in [6.07, 6.45) is 0. The minimum atomic E-state index is -0.563. The van der Waals surface area contributed by atoms with E-state index in [1.807, 2.05) is 6.92 Å². The molecule has 19 heavy (non-hydrogen) atoms. The predicted molar refractivity (Wildman–Crippen MR) is 66.2 cm³/mol. The van der Waals surface area contributed by atoms with Gasteiger partial charge in [0, 0.05) is 6.61 Å². The quantitative estimate of drug-likeness (QED) is 0.443. The van der Waals surface area contributed by atoms with Gasteiger partial charge in [0.1, 0.15) is 5.75 Å². The molecule has 0 saturated carbocycles. The molecule has 0 heterocycles. The van der Waals surface area contributed by atoms with Crippen molar-refractivity contribution >= 4 is 11.9 Å². The standard InChI is InChI=1S/C13H16O6/c1-4-18-8-19-11-6-9(12(14)16-2)5-10(7-11)13(15)17-3/h5-7H,4,8H2,1-3H3. The lowest BCUT2D eigenvalue weighted by Crippen LogP contribution is -2.09. The SMILES string of the molecule is CCOCOc1cc(C(=O)OC)cc(C(=O)OC)c1. The molecule has 1 aromatic rings. The van der Waals surface area contributed by atoms with Gasteiger partial charge in [-0.15, -0.1) is 0 Å². The Kier molecular flexibility index (Phi) is 5.81. The minimum Gasteiger partial charge on any atom is -0.468 e. The average Bonchev–Trinajstić information content (AvgIpc) is 2.45. The van der Waals surface area contributed by atoms with Crippen LogP contribution in [0.5, 0.6) is 5.75 Å². The van der Waals surface area contributed by atoms with Crippen molar-refractivity contribution in [1.82, 2.24) is 0 Å². The van der Waals surface area contributed by atoms with Crippen molar-refractivity contribution in [3.05, 3.63) is 29.3 Å². The summed E-state index contributed by atoms with van der Waals surface area (Å²) in [5.74, 6) is -0.796. The summed E-state index contributed by atoms with van der Waals surface area (Å²) in [6.45, 7) is 2.36. The molecule has 0 saturated heterocycles. The lowest BCUT2D eigenvalue weighted by Gasteiger charge is -2.09. The minimum absolute atomic E-state index is 0.0295. The molecule has 6 nitrogen and oxygen atoms in total. The molecule has 0 aliphatic rings. The van der Waals surface area contributed by atoms with E-state index in [0.717, 1.165) is 0 Å². The van der Waals surface area contributed by atoms with E-state index in [0.29, 0.717) is 12.4 Å². The summed E-state index contributed by atoms with van der Waals surface area (Å²) in [5, 5.41) is 0. The fraction of sp³-hybridized carbons (Fsp3) is 0.385. The van der Waals surface area contributed by atoms with Gasteiger partial charge in [0.05, 0.1) is 25.3 Å². The molecule has 0 amide bonds. The van der Waals surface area contributed by atoms with Crippen molar-refractivity contribution in [2.24, 2.45) is 0 Å². The van der Waals surface area contributed by atoms with Crippen LogP contribution in [0.2, 0.25) is 0 Å². The molecule has 6 heteroatoms. The van der Waals surface area contributed by atoms with Crippen molar-refractivity contribution in [1.29, 1.82) is 0 Å². The van der Waals surface area contributed by atoms with Crippen LogP contribution in [0, 0.1) is 0 Å². The second kappa shape index (κ2) is 7.38. The maximum atomic E-state index is 11.5. The zero-order valence-corrected chi connectivity index (χ0v) is 11.1. The van der Waals surface area contributed by atoms with Crippen LogP contribution in [-0.2, 0) is 14.2 Å². The van der Waals surface area contributed by atoms with Gasteiger partial charge in [-0.2, -0.15) is 0 Å². The lowest BCUT2D eigenvalue weighted by atomic mass is 10.1. The normalized spacial score (nSPS) is 9.84. The maximum Gasteiger partial charge on any atom is 0.338 e. The third kappa shape index (κ3) is 4.26. The summed E-state index contributed by atoms with van der Waals surface area (Å²) in [7, 11) is 2.52. The number of hydrogen-bond donors (Lipinski definition) is 0. The predicted octanol–water partition coefficient (Wildman–Crippen LogP) is 1.63. The Morgan fingerprint density at radius 3 is 1.95 bits per heavy atom. The molecule has 0 spiro atoms. The first-order valence-corrected chi connectivity index (χ1v) is 5.64. The van der Waals surface area contributed by atoms with Crippen molar-refractivity contribution in [2.75, 3.05) is 27.6 Å². The second-order valence-electron chi connectivity index (χ2n) is 3.48. The number of hydrogen-bond acceptors (Lipinski definition) is 6. The van der Waals surface area contributed by atoms with E-state index < -0.39 is 11.9 Å². The van der Waals surface area contributed by atoms with Gasteiger partial charge in [0.15, 0.2) is 6.79 Å². The summed E-state index contributed by atoms with van der Waals surface area (Å²) in [6, 6.07) is 4.32. The number of methoxy groups -OCH3 is 2. The van der Waals surface area contributed by atoms with Gasteiger partial charge in [0.25, 0.3) is 0 Å². The Labute approximate surface area is 111 Å². The van der Waals surface area contributed by atoms with E-state index >= 15 is 0 Å². The lowest BCUT2D eigenvalue weighted by molar-refractivity contribution is 0.0220. The molecular weight excluding hydrogens is 252 g/mol. The van der Waals surface area contributed by atoms with Crippen LogP contribution in [0.3, 0.4) is 0 Å². The van der Waals surface area contributed by atoms with Crippen molar-refractivity contribution < 1.29 is 28.5 Å². The van der Waals surface area contributed by atoms with Crippen LogP contribution in [0.4, 0.5) is 0 Å². The van der Waals surface area contributed by atoms with Gasteiger partial charge in [-0.3, -0.25) is 0 Å². The highest BCUT2D eigenvalue weighted by molar-refractivity contribution is 5.96. The van der Waals surface area contributed by atoms with Gasteiger partial charge < -0.3 is 18.9 Å². The molecule has 0 N–H and O–H groups in total. The number of esters is 2. The average molecular weight is 268 g/mol. The van der Waals surface area contributed by atoms with Crippen LogP contribution in [0.25, 0.3) is 0 Å². The molecule has 0 aromatic heterocycles. The summed E-state index contributed by atoms with van der Waals surface area (Å²) >= 11 is 0. The Hall–Kier alpha value is -2.08. The first kappa shape index (κ1) is 15.0. The second-order valence-corrected chi connectivity index (χ2v) is 3.48. The van der Waals surface area contributed by atoms with E-state index in [1.165, 1.54) is 32.4 Å². The summed E-state index contributed by atoms with van der Waals surface area (Å²) in [5.41, 5.74) is 0.411. The zero-order chi connectivity index (χ0) is 14.3.